The molecule has 0 saturated carbocycles. The van der Waals surface area contributed by atoms with E-state index in [9.17, 15) is 13.2 Å². The van der Waals surface area contributed by atoms with Gasteiger partial charge in [0.25, 0.3) is 5.91 Å². The molecule has 1 N–H and O–H groups in total. The van der Waals surface area contributed by atoms with Gasteiger partial charge in [-0.25, -0.2) is 13.4 Å². The average Bonchev–Trinajstić information content (AvgIpc) is 3.10. The fourth-order valence-corrected chi connectivity index (χ4v) is 6.54. The third kappa shape index (κ3) is 4.50. The minimum absolute atomic E-state index is 0.0946. The van der Waals surface area contributed by atoms with Crippen LogP contribution >= 0.6 is 11.3 Å². The maximum Gasteiger partial charge on any atom is 0.257 e. The third-order valence-electron chi connectivity index (χ3n) is 5.17. The van der Waals surface area contributed by atoms with Crippen LogP contribution in [0.25, 0.3) is 10.2 Å². The van der Waals surface area contributed by atoms with Gasteiger partial charge >= 0.3 is 0 Å². The molecule has 164 valence electrons. The number of aromatic nitrogens is 1. The van der Waals surface area contributed by atoms with Crippen LogP contribution in [-0.4, -0.2) is 48.9 Å². The van der Waals surface area contributed by atoms with Crippen molar-refractivity contribution in [2.75, 3.05) is 18.4 Å². The predicted molar refractivity (Wildman–Crippen MR) is 122 cm³/mol. The minimum atomic E-state index is -3.73. The van der Waals surface area contributed by atoms with Crippen molar-refractivity contribution in [2.24, 2.45) is 0 Å². The highest BCUT2D eigenvalue weighted by Crippen LogP contribution is 2.30. The number of benzene rings is 2. The second-order valence-electron chi connectivity index (χ2n) is 8.01. The van der Waals surface area contributed by atoms with Gasteiger partial charge in [0, 0.05) is 18.7 Å². The molecule has 1 aliphatic rings. The molecule has 2 atom stereocenters. The Labute approximate surface area is 186 Å². The minimum Gasteiger partial charge on any atom is -0.373 e. The van der Waals surface area contributed by atoms with Crippen LogP contribution in [0.4, 0.5) is 5.13 Å². The summed E-state index contributed by atoms with van der Waals surface area (Å²) in [5, 5.41) is 3.29. The van der Waals surface area contributed by atoms with Gasteiger partial charge in [-0.1, -0.05) is 23.5 Å². The van der Waals surface area contributed by atoms with E-state index >= 15 is 0 Å². The zero-order valence-electron chi connectivity index (χ0n) is 17.9. The van der Waals surface area contributed by atoms with E-state index in [1.165, 1.54) is 27.8 Å². The summed E-state index contributed by atoms with van der Waals surface area (Å²) in [6.07, 6.45) is -0.368. The molecule has 7 nitrogen and oxygen atoms in total. The number of ether oxygens (including phenoxy) is 1. The Morgan fingerprint density at radius 3 is 2.58 bits per heavy atom. The fourth-order valence-electron chi connectivity index (χ4n) is 3.87. The number of anilines is 1. The highest BCUT2D eigenvalue weighted by molar-refractivity contribution is 7.89. The summed E-state index contributed by atoms with van der Waals surface area (Å²) >= 11 is 1.40. The SMILES string of the molecule is Cc1cc(C)c2nc(NC(=O)c3cccc(S(=O)(=O)N4C[C@@H](C)O[C@H](C)C4)c3)sc2c1. The number of thiazole rings is 1. The van der Waals surface area contributed by atoms with Crippen LogP contribution < -0.4 is 5.32 Å². The predicted octanol–water partition coefficient (Wildman–Crippen LogP) is 3.96. The first-order valence-corrected chi connectivity index (χ1v) is 12.3. The molecule has 1 aromatic heterocycles. The molecule has 0 unspecified atom stereocenters. The van der Waals surface area contributed by atoms with Crippen LogP contribution in [0.2, 0.25) is 0 Å². The van der Waals surface area contributed by atoms with Crippen LogP contribution in [-0.2, 0) is 14.8 Å². The third-order valence-corrected chi connectivity index (χ3v) is 7.92. The highest BCUT2D eigenvalue weighted by atomic mass is 32.2. The molecule has 9 heteroatoms. The van der Waals surface area contributed by atoms with Crippen LogP contribution in [0, 0.1) is 13.8 Å². The Balaban J connectivity index is 1.58. The van der Waals surface area contributed by atoms with Crippen LogP contribution in [0.15, 0.2) is 41.3 Å². The number of sulfonamides is 1. The van der Waals surface area contributed by atoms with E-state index in [2.05, 4.69) is 16.4 Å². The van der Waals surface area contributed by atoms with Crippen molar-refractivity contribution in [1.82, 2.24) is 9.29 Å². The van der Waals surface area contributed by atoms with Gasteiger partial charge in [0.1, 0.15) is 0 Å². The van der Waals surface area contributed by atoms with Gasteiger partial charge in [0.05, 0.1) is 27.3 Å². The zero-order chi connectivity index (χ0) is 22.3. The Morgan fingerprint density at radius 2 is 1.87 bits per heavy atom. The van der Waals surface area contributed by atoms with Gasteiger partial charge in [-0.05, 0) is 63.1 Å². The van der Waals surface area contributed by atoms with Crippen molar-refractivity contribution >= 4 is 42.6 Å². The van der Waals surface area contributed by atoms with E-state index in [4.69, 9.17) is 4.74 Å². The normalized spacial score (nSPS) is 20.1. The number of nitrogens with one attached hydrogen (secondary N) is 1. The Morgan fingerprint density at radius 1 is 1.16 bits per heavy atom. The maximum atomic E-state index is 13.1. The molecule has 2 heterocycles. The van der Waals surface area contributed by atoms with Gasteiger partial charge in [-0.3, -0.25) is 10.1 Å². The van der Waals surface area contributed by atoms with Gasteiger partial charge in [-0.15, -0.1) is 0 Å². The average molecular weight is 460 g/mol. The Hall–Kier alpha value is -2.33. The molecule has 31 heavy (non-hydrogen) atoms. The monoisotopic (exact) mass is 459 g/mol. The van der Waals surface area contributed by atoms with Crippen LogP contribution in [0.3, 0.4) is 0 Å². The van der Waals surface area contributed by atoms with E-state index < -0.39 is 15.9 Å². The Kier molecular flexibility index (Phi) is 5.87. The smallest absolute Gasteiger partial charge is 0.257 e. The molecule has 1 aliphatic heterocycles. The topological polar surface area (TPSA) is 88.6 Å². The van der Waals surface area contributed by atoms with Crippen LogP contribution in [0.5, 0.6) is 0 Å². The van der Waals surface area contributed by atoms with Gasteiger partial charge in [-0.2, -0.15) is 4.31 Å². The lowest BCUT2D eigenvalue weighted by molar-refractivity contribution is -0.0440. The number of rotatable bonds is 4. The molecule has 0 bridgehead atoms. The molecule has 1 saturated heterocycles. The first-order valence-electron chi connectivity index (χ1n) is 10.1. The van der Waals surface area contributed by atoms with Crippen molar-refractivity contribution < 1.29 is 17.9 Å². The summed E-state index contributed by atoms with van der Waals surface area (Å²) in [6, 6.07) is 10.2. The second-order valence-corrected chi connectivity index (χ2v) is 11.0. The number of carbonyl (C=O) groups excluding carboxylic acids is 1. The molecular weight excluding hydrogens is 434 g/mol. The standard InChI is InChI=1S/C22H25N3O4S2/c1-13-8-14(2)20-19(9-13)30-22(23-20)24-21(26)17-6-5-7-18(10-17)31(27,28)25-11-15(3)29-16(4)12-25/h5-10,15-16H,11-12H2,1-4H3,(H,23,24,26)/t15-,16-/m1/s1. The van der Waals surface area contributed by atoms with Crippen molar-refractivity contribution in [3.63, 3.8) is 0 Å². The van der Waals surface area contributed by atoms with E-state index in [1.54, 1.807) is 12.1 Å². The molecule has 1 amide bonds. The number of morpholine rings is 1. The number of nitrogens with zero attached hydrogens (tertiary/aromatic N) is 2. The molecule has 4 rings (SSSR count). The number of carbonyl (C=O) groups is 1. The molecule has 0 spiro atoms. The number of aryl methyl sites for hydroxylation is 2. The van der Waals surface area contributed by atoms with Gasteiger partial charge in [0.15, 0.2) is 5.13 Å². The summed E-state index contributed by atoms with van der Waals surface area (Å²) in [7, 11) is -3.73. The number of fused-ring (bicyclic) bond motifs is 1. The lowest BCUT2D eigenvalue weighted by Gasteiger charge is -2.34. The zero-order valence-corrected chi connectivity index (χ0v) is 19.5. The number of amides is 1. The van der Waals surface area contributed by atoms with Gasteiger partial charge in [0.2, 0.25) is 10.0 Å². The molecule has 2 aromatic carbocycles. The van der Waals surface area contributed by atoms with E-state index in [-0.39, 0.29) is 35.8 Å². The van der Waals surface area contributed by atoms with Crippen LogP contribution in [0.1, 0.15) is 35.3 Å². The summed E-state index contributed by atoms with van der Waals surface area (Å²) in [5.74, 6) is -0.394. The summed E-state index contributed by atoms with van der Waals surface area (Å²) < 4.78 is 34.3. The number of hydrogen-bond donors (Lipinski definition) is 1. The molecule has 0 radical (unpaired) electrons. The van der Waals surface area contributed by atoms with E-state index in [0.29, 0.717) is 5.13 Å². The first kappa shape index (κ1) is 21.9. The molecule has 1 fully saturated rings. The van der Waals surface area contributed by atoms with Crippen molar-refractivity contribution in [1.29, 1.82) is 0 Å². The van der Waals surface area contributed by atoms with E-state index in [1.807, 2.05) is 33.8 Å². The molecule has 3 aromatic rings. The maximum absolute atomic E-state index is 13.1. The summed E-state index contributed by atoms with van der Waals surface area (Å²) in [5.41, 5.74) is 3.31. The summed E-state index contributed by atoms with van der Waals surface area (Å²) in [4.78, 5) is 17.5. The Bertz CT molecular complexity index is 1240. The lowest BCUT2D eigenvalue weighted by atomic mass is 10.1. The molecule has 0 aliphatic carbocycles. The fraction of sp³-hybridized carbons (Fsp3) is 0.364. The summed E-state index contributed by atoms with van der Waals surface area (Å²) in [6.45, 7) is 8.28. The first-order chi connectivity index (χ1) is 14.6. The number of hydrogen-bond acceptors (Lipinski definition) is 6. The van der Waals surface area contributed by atoms with Gasteiger partial charge < -0.3 is 4.74 Å². The lowest BCUT2D eigenvalue weighted by Crippen LogP contribution is -2.48. The van der Waals surface area contributed by atoms with E-state index in [0.717, 1.165) is 21.3 Å². The second kappa shape index (κ2) is 8.31. The largest absolute Gasteiger partial charge is 0.373 e. The highest BCUT2D eigenvalue weighted by Gasteiger charge is 2.32. The van der Waals surface area contributed by atoms with Crippen molar-refractivity contribution in [3.05, 3.63) is 53.1 Å². The van der Waals surface area contributed by atoms with Crippen molar-refractivity contribution in [2.45, 2.75) is 44.8 Å². The van der Waals surface area contributed by atoms with Crippen molar-refractivity contribution in [3.8, 4) is 0 Å². The quantitative estimate of drug-likeness (QED) is 0.638. The molecular formula is C22H25N3O4S2.